The van der Waals surface area contributed by atoms with Crippen LogP contribution in [0.25, 0.3) is 0 Å². The van der Waals surface area contributed by atoms with E-state index < -0.39 is 12.6 Å². The van der Waals surface area contributed by atoms with E-state index in [1.807, 2.05) is 0 Å². The lowest BCUT2D eigenvalue weighted by atomic mass is 10.1. The third-order valence-corrected chi connectivity index (χ3v) is 3.85. The van der Waals surface area contributed by atoms with Crippen LogP contribution >= 0.6 is 23.2 Å². The summed E-state index contributed by atoms with van der Waals surface area (Å²) in [6.45, 7) is 1.41. The highest BCUT2D eigenvalue weighted by atomic mass is 35.5. The van der Waals surface area contributed by atoms with Crippen molar-refractivity contribution in [3.8, 4) is 0 Å². The van der Waals surface area contributed by atoms with Gasteiger partial charge in [0.05, 0.1) is 10.6 Å². The normalized spacial score (nSPS) is 10.2. The number of halogens is 2. The third kappa shape index (κ3) is 5.59. The van der Waals surface area contributed by atoms with E-state index in [9.17, 15) is 14.4 Å². The molecule has 0 saturated carbocycles. The number of Topliss-reactive ketones (excluding diaryl/α,β-unsaturated/α-hetero) is 1. The summed E-state index contributed by atoms with van der Waals surface area (Å²) < 4.78 is 5.00. The quantitative estimate of drug-likeness (QED) is 0.613. The van der Waals surface area contributed by atoms with Gasteiger partial charge in [-0.05, 0) is 23.8 Å². The monoisotopic (exact) mass is 379 g/mol. The molecule has 7 heteroatoms. The van der Waals surface area contributed by atoms with Crippen LogP contribution < -0.4 is 5.32 Å². The predicted octanol–water partition coefficient (Wildman–Crippen LogP) is 3.67. The summed E-state index contributed by atoms with van der Waals surface area (Å²) in [6.07, 6.45) is 0. The molecule has 2 aromatic rings. The number of rotatable bonds is 6. The van der Waals surface area contributed by atoms with Crippen molar-refractivity contribution in [3.63, 3.8) is 0 Å². The molecule has 130 valence electrons. The number of hydrogen-bond donors (Lipinski definition) is 1. The molecule has 0 bridgehead atoms. The zero-order valence-electron chi connectivity index (χ0n) is 13.3. The Kier molecular flexibility index (Phi) is 6.56. The second kappa shape index (κ2) is 8.65. The minimum Gasteiger partial charge on any atom is -0.454 e. The Morgan fingerprint density at radius 2 is 1.72 bits per heavy atom. The van der Waals surface area contributed by atoms with Gasteiger partial charge in [-0.3, -0.25) is 9.59 Å². The van der Waals surface area contributed by atoms with Crippen molar-refractivity contribution in [1.29, 1.82) is 0 Å². The first-order chi connectivity index (χ1) is 11.9. The highest BCUT2D eigenvalue weighted by Crippen LogP contribution is 2.21. The molecule has 0 spiro atoms. The van der Waals surface area contributed by atoms with Crippen molar-refractivity contribution < 1.29 is 19.1 Å². The molecule has 0 aliphatic heterocycles. The molecular weight excluding hydrogens is 365 g/mol. The van der Waals surface area contributed by atoms with Gasteiger partial charge in [-0.1, -0.05) is 47.5 Å². The molecule has 1 amide bonds. The van der Waals surface area contributed by atoms with E-state index in [2.05, 4.69) is 5.32 Å². The van der Waals surface area contributed by atoms with Crippen molar-refractivity contribution in [3.05, 3.63) is 69.2 Å². The lowest BCUT2D eigenvalue weighted by Gasteiger charge is -2.07. The molecule has 1 N–H and O–H groups in total. The van der Waals surface area contributed by atoms with Gasteiger partial charge in [0.2, 0.25) is 5.91 Å². The largest absolute Gasteiger partial charge is 0.454 e. The average Bonchev–Trinajstić information content (AvgIpc) is 2.58. The first-order valence-electron chi connectivity index (χ1n) is 7.35. The summed E-state index contributed by atoms with van der Waals surface area (Å²) in [5.41, 5.74) is 1.41. The minimum absolute atomic E-state index is 0.132. The van der Waals surface area contributed by atoms with Crippen LogP contribution in [0.4, 0.5) is 0 Å². The van der Waals surface area contributed by atoms with Crippen molar-refractivity contribution in [2.75, 3.05) is 6.61 Å². The maximum atomic E-state index is 12.1. The summed E-state index contributed by atoms with van der Waals surface area (Å²) in [5, 5.41) is 3.22. The topological polar surface area (TPSA) is 72.5 Å². The second-order valence-electron chi connectivity index (χ2n) is 5.23. The molecule has 0 unspecified atom stereocenters. The van der Waals surface area contributed by atoms with E-state index in [0.29, 0.717) is 17.1 Å². The molecule has 0 heterocycles. The third-order valence-electron chi connectivity index (χ3n) is 3.30. The fourth-order valence-electron chi connectivity index (χ4n) is 1.98. The Morgan fingerprint density at radius 1 is 1.04 bits per heavy atom. The number of nitrogens with one attached hydrogen (secondary N) is 1. The van der Waals surface area contributed by atoms with Gasteiger partial charge in [0, 0.05) is 24.1 Å². The van der Waals surface area contributed by atoms with E-state index in [-0.39, 0.29) is 22.3 Å². The standard InChI is InChI=1S/C18H15Cl2NO4/c1-11(22)21-9-12-2-4-13(5-3-12)17(23)10-25-18(24)15-7-6-14(19)8-16(15)20/h2-8H,9-10H2,1H3,(H,21,22). The number of ketones is 1. The van der Waals surface area contributed by atoms with E-state index in [1.54, 1.807) is 24.3 Å². The smallest absolute Gasteiger partial charge is 0.340 e. The van der Waals surface area contributed by atoms with E-state index in [1.165, 1.54) is 25.1 Å². The van der Waals surface area contributed by atoms with E-state index >= 15 is 0 Å². The fourth-order valence-corrected chi connectivity index (χ4v) is 2.47. The number of hydrogen-bond acceptors (Lipinski definition) is 4. The number of ether oxygens (including phenoxy) is 1. The number of carbonyl (C=O) groups excluding carboxylic acids is 3. The summed E-state index contributed by atoms with van der Waals surface area (Å²) in [4.78, 5) is 34.9. The molecule has 2 rings (SSSR count). The summed E-state index contributed by atoms with van der Waals surface area (Å²) in [6, 6.07) is 11.1. The molecule has 0 aliphatic carbocycles. The van der Waals surface area contributed by atoms with Crippen LogP contribution in [0.15, 0.2) is 42.5 Å². The first-order valence-corrected chi connectivity index (χ1v) is 8.11. The van der Waals surface area contributed by atoms with Gasteiger partial charge in [-0.25, -0.2) is 4.79 Å². The molecule has 0 aromatic heterocycles. The van der Waals surface area contributed by atoms with Crippen molar-refractivity contribution in [2.24, 2.45) is 0 Å². The Labute approximate surface area is 154 Å². The lowest BCUT2D eigenvalue weighted by Crippen LogP contribution is -2.19. The van der Waals surface area contributed by atoms with Gasteiger partial charge in [-0.15, -0.1) is 0 Å². The average molecular weight is 380 g/mol. The number of esters is 1. The number of carbonyl (C=O) groups is 3. The van der Waals surface area contributed by atoms with E-state index in [4.69, 9.17) is 27.9 Å². The van der Waals surface area contributed by atoms with Gasteiger partial charge in [-0.2, -0.15) is 0 Å². The van der Waals surface area contributed by atoms with Gasteiger partial charge in [0.25, 0.3) is 0 Å². The Hall–Kier alpha value is -2.37. The second-order valence-corrected chi connectivity index (χ2v) is 6.07. The first kappa shape index (κ1) is 19.0. The SMILES string of the molecule is CC(=O)NCc1ccc(C(=O)COC(=O)c2ccc(Cl)cc2Cl)cc1. The molecule has 25 heavy (non-hydrogen) atoms. The van der Waals surface area contributed by atoms with Crippen LogP contribution in [0.1, 0.15) is 33.2 Å². The molecular formula is C18H15Cl2NO4. The maximum Gasteiger partial charge on any atom is 0.340 e. The minimum atomic E-state index is -0.697. The van der Waals surface area contributed by atoms with E-state index in [0.717, 1.165) is 5.56 Å². The van der Waals surface area contributed by atoms with Crippen molar-refractivity contribution >= 4 is 40.9 Å². The highest BCUT2D eigenvalue weighted by Gasteiger charge is 2.15. The van der Waals surface area contributed by atoms with Gasteiger partial charge in [0.15, 0.2) is 12.4 Å². The Morgan fingerprint density at radius 3 is 2.32 bits per heavy atom. The lowest BCUT2D eigenvalue weighted by molar-refractivity contribution is -0.119. The molecule has 0 fully saturated rings. The molecule has 0 radical (unpaired) electrons. The highest BCUT2D eigenvalue weighted by molar-refractivity contribution is 6.36. The zero-order chi connectivity index (χ0) is 18.4. The van der Waals surface area contributed by atoms with Crippen LogP contribution in [0, 0.1) is 0 Å². The summed E-state index contributed by atoms with van der Waals surface area (Å²) in [7, 11) is 0. The maximum absolute atomic E-state index is 12.1. The van der Waals surface area contributed by atoms with Gasteiger partial charge in [0.1, 0.15) is 0 Å². The van der Waals surface area contributed by atoms with Gasteiger partial charge >= 0.3 is 5.97 Å². The molecule has 5 nitrogen and oxygen atoms in total. The zero-order valence-corrected chi connectivity index (χ0v) is 14.9. The summed E-state index contributed by atoms with van der Waals surface area (Å²) >= 11 is 11.7. The van der Waals surface area contributed by atoms with Crippen molar-refractivity contribution in [1.82, 2.24) is 5.32 Å². The molecule has 2 aromatic carbocycles. The van der Waals surface area contributed by atoms with Crippen LogP contribution in [0.5, 0.6) is 0 Å². The predicted molar refractivity (Wildman–Crippen MR) is 95.0 cm³/mol. The number of benzene rings is 2. The Bertz CT molecular complexity index is 803. The molecule has 0 aliphatic rings. The molecule has 0 saturated heterocycles. The van der Waals surface area contributed by atoms with Crippen LogP contribution in [-0.4, -0.2) is 24.3 Å². The summed E-state index contributed by atoms with van der Waals surface area (Å²) in [5.74, 6) is -1.17. The number of amides is 1. The Balaban J connectivity index is 1.93. The fraction of sp³-hybridized carbons (Fsp3) is 0.167. The van der Waals surface area contributed by atoms with Crippen LogP contribution in [0.2, 0.25) is 10.0 Å². The van der Waals surface area contributed by atoms with Crippen LogP contribution in [-0.2, 0) is 16.1 Å². The van der Waals surface area contributed by atoms with Crippen molar-refractivity contribution in [2.45, 2.75) is 13.5 Å². The molecule has 0 atom stereocenters. The van der Waals surface area contributed by atoms with Crippen LogP contribution in [0.3, 0.4) is 0 Å². The van der Waals surface area contributed by atoms with Gasteiger partial charge < -0.3 is 10.1 Å².